The predicted molar refractivity (Wildman–Crippen MR) is 55.1 cm³/mol. The van der Waals surface area contributed by atoms with Crippen LogP contribution in [0, 0.1) is 17.3 Å². The zero-order chi connectivity index (χ0) is 10.1. The van der Waals surface area contributed by atoms with Gasteiger partial charge < -0.3 is 15.2 Å². The van der Waals surface area contributed by atoms with Crippen LogP contribution in [0.2, 0.25) is 0 Å². The highest BCUT2D eigenvalue weighted by atomic mass is 16.7. The summed E-state index contributed by atoms with van der Waals surface area (Å²) < 4.78 is 11.9. The van der Waals surface area contributed by atoms with Gasteiger partial charge in [-0.1, -0.05) is 0 Å². The number of hydrogen-bond acceptors (Lipinski definition) is 3. The summed E-state index contributed by atoms with van der Waals surface area (Å²) in [5.41, 5.74) is 6.71. The SMILES string of the molecule is NC1CCC2C3(CCC24C[C@H]14)OCCO3. The molecule has 4 atom stereocenters. The van der Waals surface area contributed by atoms with Crippen LogP contribution < -0.4 is 5.73 Å². The van der Waals surface area contributed by atoms with Gasteiger partial charge in [0.05, 0.1) is 13.2 Å². The minimum atomic E-state index is -0.186. The summed E-state index contributed by atoms with van der Waals surface area (Å²) >= 11 is 0. The minimum absolute atomic E-state index is 0.186. The zero-order valence-corrected chi connectivity index (χ0v) is 9.08. The second-order valence-corrected chi connectivity index (χ2v) is 5.85. The molecule has 0 aromatic rings. The average Bonchev–Trinajstić information content (AvgIpc) is 2.67. The number of ether oxygens (including phenoxy) is 2. The van der Waals surface area contributed by atoms with Crippen LogP contribution in [0.15, 0.2) is 0 Å². The number of hydrogen-bond donors (Lipinski definition) is 1. The maximum Gasteiger partial charge on any atom is 0.171 e. The van der Waals surface area contributed by atoms with Gasteiger partial charge in [-0.15, -0.1) is 0 Å². The molecule has 3 nitrogen and oxygen atoms in total. The van der Waals surface area contributed by atoms with Crippen LogP contribution in [-0.4, -0.2) is 25.0 Å². The molecule has 4 aliphatic rings. The van der Waals surface area contributed by atoms with Crippen molar-refractivity contribution in [3.8, 4) is 0 Å². The molecule has 4 fully saturated rings. The van der Waals surface area contributed by atoms with Gasteiger partial charge in [0.1, 0.15) is 0 Å². The Morgan fingerprint density at radius 2 is 1.87 bits per heavy atom. The molecular formula is C12H19NO2. The fraction of sp³-hybridized carbons (Fsp3) is 1.00. The predicted octanol–water partition coefficient (Wildman–Crippen LogP) is 1.27. The fourth-order valence-corrected chi connectivity index (χ4v) is 4.69. The quantitative estimate of drug-likeness (QED) is 0.653. The summed E-state index contributed by atoms with van der Waals surface area (Å²) in [7, 11) is 0. The van der Waals surface area contributed by atoms with Gasteiger partial charge in [0.15, 0.2) is 5.79 Å². The minimum Gasteiger partial charge on any atom is -0.347 e. The van der Waals surface area contributed by atoms with Crippen LogP contribution in [0.25, 0.3) is 0 Å². The smallest absolute Gasteiger partial charge is 0.171 e. The van der Waals surface area contributed by atoms with E-state index in [1.165, 1.54) is 25.7 Å². The summed E-state index contributed by atoms with van der Waals surface area (Å²) in [6.07, 6.45) is 6.13. The van der Waals surface area contributed by atoms with Crippen LogP contribution in [0.5, 0.6) is 0 Å². The molecule has 0 radical (unpaired) electrons. The normalized spacial score (nSPS) is 55.4. The molecule has 0 aromatic carbocycles. The Hall–Kier alpha value is -0.120. The Kier molecular flexibility index (Phi) is 1.54. The lowest BCUT2D eigenvalue weighted by atomic mass is 9.77. The molecule has 2 spiro atoms. The first kappa shape index (κ1) is 8.97. The Bertz CT molecular complexity index is 300. The third-order valence-electron chi connectivity index (χ3n) is 5.42. The van der Waals surface area contributed by atoms with Crippen molar-refractivity contribution in [3.05, 3.63) is 0 Å². The molecule has 2 N–H and O–H groups in total. The molecule has 0 bridgehead atoms. The molecule has 3 heteroatoms. The van der Waals surface area contributed by atoms with Gasteiger partial charge >= 0.3 is 0 Å². The van der Waals surface area contributed by atoms with E-state index in [1.807, 2.05) is 0 Å². The Morgan fingerprint density at radius 3 is 2.67 bits per heavy atom. The lowest BCUT2D eigenvalue weighted by Gasteiger charge is -2.37. The van der Waals surface area contributed by atoms with Gasteiger partial charge in [-0.3, -0.25) is 0 Å². The van der Waals surface area contributed by atoms with E-state index in [0.29, 0.717) is 17.4 Å². The van der Waals surface area contributed by atoms with Crippen molar-refractivity contribution in [2.45, 2.75) is 43.9 Å². The highest BCUT2D eigenvalue weighted by molar-refractivity contribution is 5.19. The number of rotatable bonds is 0. The van der Waals surface area contributed by atoms with Crippen LogP contribution in [0.1, 0.15) is 32.1 Å². The van der Waals surface area contributed by atoms with E-state index in [-0.39, 0.29) is 5.79 Å². The second-order valence-electron chi connectivity index (χ2n) is 5.85. The number of nitrogens with two attached hydrogens (primary N) is 1. The maximum absolute atomic E-state index is 6.18. The van der Waals surface area contributed by atoms with Crippen molar-refractivity contribution in [1.29, 1.82) is 0 Å². The van der Waals surface area contributed by atoms with Gasteiger partial charge in [0.25, 0.3) is 0 Å². The molecule has 1 heterocycles. The summed E-state index contributed by atoms with van der Waals surface area (Å²) in [5, 5.41) is 0. The van der Waals surface area contributed by atoms with Crippen LogP contribution >= 0.6 is 0 Å². The molecule has 1 saturated heterocycles. The molecule has 3 saturated carbocycles. The van der Waals surface area contributed by atoms with Crippen LogP contribution in [0.3, 0.4) is 0 Å². The Morgan fingerprint density at radius 1 is 1.07 bits per heavy atom. The lowest BCUT2D eigenvalue weighted by Crippen LogP contribution is -2.42. The van der Waals surface area contributed by atoms with Crippen molar-refractivity contribution in [1.82, 2.24) is 0 Å². The van der Waals surface area contributed by atoms with E-state index >= 15 is 0 Å². The Balaban J connectivity index is 1.68. The van der Waals surface area contributed by atoms with E-state index in [4.69, 9.17) is 15.2 Å². The summed E-state index contributed by atoms with van der Waals surface area (Å²) in [4.78, 5) is 0. The van der Waals surface area contributed by atoms with Crippen molar-refractivity contribution in [2.75, 3.05) is 13.2 Å². The largest absolute Gasteiger partial charge is 0.347 e. The van der Waals surface area contributed by atoms with Crippen molar-refractivity contribution < 1.29 is 9.47 Å². The zero-order valence-electron chi connectivity index (χ0n) is 9.08. The fourth-order valence-electron chi connectivity index (χ4n) is 4.69. The topological polar surface area (TPSA) is 44.5 Å². The molecule has 0 amide bonds. The highest BCUT2D eigenvalue weighted by Crippen LogP contribution is 2.73. The standard InChI is InChI=1S/C12H19NO2/c13-9-1-2-10-11(7-8(9)11)3-4-12(10)14-5-6-15-12/h8-10H,1-7,13H2/t8-,9?,10?,11?/m1/s1. The van der Waals surface area contributed by atoms with Gasteiger partial charge in [-0.05, 0) is 37.0 Å². The van der Waals surface area contributed by atoms with Crippen molar-refractivity contribution in [3.63, 3.8) is 0 Å². The summed E-state index contributed by atoms with van der Waals surface area (Å²) in [6, 6.07) is 0.456. The summed E-state index contributed by atoms with van der Waals surface area (Å²) in [6.45, 7) is 1.59. The van der Waals surface area contributed by atoms with E-state index in [0.717, 1.165) is 25.6 Å². The second kappa shape index (κ2) is 2.58. The first-order valence-corrected chi connectivity index (χ1v) is 6.30. The van der Waals surface area contributed by atoms with Crippen molar-refractivity contribution >= 4 is 0 Å². The van der Waals surface area contributed by atoms with Gasteiger partial charge in [0.2, 0.25) is 0 Å². The van der Waals surface area contributed by atoms with Gasteiger partial charge in [0, 0.05) is 18.4 Å². The Labute approximate surface area is 90.3 Å². The lowest BCUT2D eigenvalue weighted by molar-refractivity contribution is -0.193. The van der Waals surface area contributed by atoms with Crippen LogP contribution in [-0.2, 0) is 9.47 Å². The van der Waals surface area contributed by atoms with E-state index in [1.54, 1.807) is 0 Å². The molecule has 3 aliphatic carbocycles. The van der Waals surface area contributed by atoms with Gasteiger partial charge in [-0.2, -0.15) is 0 Å². The van der Waals surface area contributed by atoms with Crippen molar-refractivity contribution in [2.24, 2.45) is 23.0 Å². The van der Waals surface area contributed by atoms with Crippen LogP contribution in [0.4, 0.5) is 0 Å². The van der Waals surface area contributed by atoms with E-state index in [9.17, 15) is 0 Å². The average molecular weight is 209 g/mol. The first-order valence-electron chi connectivity index (χ1n) is 6.30. The van der Waals surface area contributed by atoms with Gasteiger partial charge in [-0.25, -0.2) is 0 Å². The van der Waals surface area contributed by atoms with E-state index < -0.39 is 0 Å². The monoisotopic (exact) mass is 209 g/mol. The first-order chi connectivity index (χ1) is 7.27. The molecule has 1 aliphatic heterocycles. The molecule has 3 unspecified atom stereocenters. The molecule has 84 valence electrons. The molecular weight excluding hydrogens is 190 g/mol. The van der Waals surface area contributed by atoms with E-state index in [2.05, 4.69) is 0 Å². The molecule has 4 rings (SSSR count). The third kappa shape index (κ3) is 0.931. The maximum atomic E-state index is 6.18. The molecule has 15 heavy (non-hydrogen) atoms. The summed E-state index contributed by atoms with van der Waals surface area (Å²) in [5.74, 6) is 1.25. The third-order valence-corrected chi connectivity index (χ3v) is 5.42. The molecule has 0 aromatic heterocycles. The number of fused-ring (bicyclic) bond motifs is 1. The highest BCUT2D eigenvalue weighted by Gasteiger charge is 2.72.